The van der Waals surface area contributed by atoms with E-state index in [9.17, 15) is 0 Å². The number of rotatable bonds is 6. The highest BCUT2D eigenvalue weighted by atomic mass is 16.5. The van der Waals surface area contributed by atoms with Gasteiger partial charge in [-0.3, -0.25) is 5.10 Å². The molecule has 3 aromatic rings. The number of nitrogens with one attached hydrogen (secondary N) is 2. The van der Waals surface area contributed by atoms with Crippen LogP contribution in [-0.2, 0) is 0 Å². The predicted molar refractivity (Wildman–Crippen MR) is 100 cm³/mol. The second-order valence-corrected chi connectivity index (χ2v) is 6.36. The molecule has 1 saturated carbocycles. The Morgan fingerprint density at radius 2 is 2.11 bits per heavy atom. The highest BCUT2D eigenvalue weighted by Crippen LogP contribution is 2.38. The van der Waals surface area contributed by atoms with Crippen molar-refractivity contribution < 1.29 is 9.47 Å². The van der Waals surface area contributed by atoms with Gasteiger partial charge in [0.15, 0.2) is 11.5 Å². The van der Waals surface area contributed by atoms with Crippen LogP contribution in [0.5, 0.6) is 11.6 Å². The van der Waals surface area contributed by atoms with Gasteiger partial charge in [-0.05, 0) is 18.9 Å². The van der Waals surface area contributed by atoms with Crippen LogP contribution in [-0.4, -0.2) is 44.4 Å². The maximum absolute atomic E-state index is 8.80. The van der Waals surface area contributed by atoms with Crippen molar-refractivity contribution in [3.63, 3.8) is 0 Å². The molecule has 0 atom stereocenters. The molecule has 0 amide bonds. The van der Waals surface area contributed by atoms with E-state index in [0.717, 1.165) is 12.8 Å². The minimum absolute atomic E-state index is 0.0443. The molecule has 4 N–H and O–H groups in total. The minimum Gasteiger partial charge on any atom is -0.496 e. The molecule has 0 bridgehead atoms. The first-order valence-corrected chi connectivity index (χ1v) is 8.66. The maximum Gasteiger partial charge on any atom is 0.227 e. The summed E-state index contributed by atoms with van der Waals surface area (Å²) in [6.45, 7) is 0. The van der Waals surface area contributed by atoms with Crippen molar-refractivity contribution in [2.45, 2.75) is 25.0 Å². The van der Waals surface area contributed by atoms with Crippen molar-refractivity contribution >= 4 is 11.6 Å². The third-order valence-electron chi connectivity index (χ3n) is 4.38. The molecule has 4 rings (SSSR count). The van der Waals surface area contributed by atoms with Gasteiger partial charge >= 0.3 is 0 Å². The number of hydrogen-bond donors (Lipinski definition) is 3. The Morgan fingerprint density at radius 3 is 2.79 bits per heavy atom. The molecule has 10 heteroatoms. The summed E-state index contributed by atoms with van der Waals surface area (Å²) in [6.07, 6.45) is 6.12. The van der Waals surface area contributed by atoms with Gasteiger partial charge in [0.25, 0.3) is 0 Å². The quantitative estimate of drug-likeness (QED) is 0.583. The summed E-state index contributed by atoms with van der Waals surface area (Å²) in [4.78, 5) is 12.4. The number of nitrogens with two attached hydrogens (primary N) is 1. The first-order chi connectivity index (χ1) is 13.7. The third kappa shape index (κ3) is 3.56. The van der Waals surface area contributed by atoms with E-state index in [-0.39, 0.29) is 17.8 Å². The van der Waals surface area contributed by atoms with E-state index in [1.165, 1.54) is 12.4 Å². The Bertz CT molecular complexity index is 1010. The topological polar surface area (TPSA) is 148 Å². The Kier molecular flexibility index (Phi) is 4.74. The second-order valence-electron chi connectivity index (χ2n) is 6.36. The lowest BCUT2D eigenvalue weighted by Gasteiger charge is -2.32. The molecule has 1 aliphatic carbocycles. The Hall–Kier alpha value is -3.71. The molecule has 0 aromatic carbocycles. The summed E-state index contributed by atoms with van der Waals surface area (Å²) < 4.78 is 11.5. The number of methoxy groups -OCH3 is 1. The lowest BCUT2D eigenvalue weighted by molar-refractivity contribution is 0.0962. The van der Waals surface area contributed by atoms with Gasteiger partial charge in [-0.15, -0.1) is 0 Å². The molecule has 1 fully saturated rings. The molecule has 10 nitrogen and oxygen atoms in total. The number of hydrogen-bond acceptors (Lipinski definition) is 9. The number of aromatic amines is 1. The van der Waals surface area contributed by atoms with Crippen molar-refractivity contribution in [1.82, 2.24) is 25.1 Å². The van der Waals surface area contributed by atoms with Gasteiger partial charge in [0.05, 0.1) is 25.2 Å². The number of pyridine rings is 1. The molecule has 1 aliphatic rings. The van der Waals surface area contributed by atoms with Crippen molar-refractivity contribution in [3.05, 3.63) is 36.4 Å². The van der Waals surface area contributed by atoms with Gasteiger partial charge in [-0.25, -0.2) is 15.0 Å². The largest absolute Gasteiger partial charge is 0.496 e. The van der Waals surface area contributed by atoms with Crippen molar-refractivity contribution in [3.8, 4) is 29.0 Å². The molecule has 3 aromatic heterocycles. The van der Waals surface area contributed by atoms with Crippen LogP contribution in [0.15, 0.2) is 30.7 Å². The standard InChI is InChI=1S/C18H18N8O2/c1-27-14-2-3-21-18(28-12-4-10(20)5-12)17(14)13-6-15(26-25-13)24-16-9-22-11(7-19)8-23-16/h2-3,6,8-10,12H,4-5,20H2,1H3,(H2,23,24,25,26). The number of ether oxygens (including phenoxy) is 2. The maximum atomic E-state index is 8.80. The lowest BCUT2D eigenvalue weighted by Crippen LogP contribution is -2.43. The van der Waals surface area contributed by atoms with Crippen LogP contribution in [0, 0.1) is 11.3 Å². The van der Waals surface area contributed by atoms with Crippen LogP contribution in [0.25, 0.3) is 11.3 Å². The molecule has 0 saturated heterocycles. The van der Waals surface area contributed by atoms with Gasteiger partial charge in [-0.1, -0.05) is 0 Å². The average Bonchev–Trinajstić information content (AvgIpc) is 3.15. The normalized spacial score (nSPS) is 18.0. The van der Waals surface area contributed by atoms with Gasteiger partial charge < -0.3 is 20.5 Å². The molecule has 0 aliphatic heterocycles. The van der Waals surface area contributed by atoms with E-state index in [1.807, 2.05) is 6.07 Å². The highest BCUT2D eigenvalue weighted by Gasteiger charge is 2.29. The van der Waals surface area contributed by atoms with Crippen LogP contribution in [0.4, 0.5) is 11.6 Å². The van der Waals surface area contributed by atoms with Gasteiger partial charge in [0.2, 0.25) is 5.88 Å². The van der Waals surface area contributed by atoms with Crippen LogP contribution >= 0.6 is 0 Å². The third-order valence-corrected chi connectivity index (χ3v) is 4.38. The first-order valence-electron chi connectivity index (χ1n) is 8.66. The first kappa shape index (κ1) is 17.7. The SMILES string of the molecule is COc1ccnc(OC2CC(N)C2)c1-c1cc(Nc2cnc(C#N)cn2)n[nH]1. The zero-order valence-corrected chi connectivity index (χ0v) is 15.1. The minimum atomic E-state index is 0.0443. The fourth-order valence-corrected chi connectivity index (χ4v) is 2.89. The van der Waals surface area contributed by atoms with Crippen LogP contribution in [0.1, 0.15) is 18.5 Å². The Labute approximate surface area is 160 Å². The Balaban J connectivity index is 1.59. The average molecular weight is 378 g/mol. The van der Waals surface area contributed by atoms with Gasteiger partial charge in [0.1, 0.15) is 29.3 Å². The molecule has 0 unspecified atom stereocenters. The van der Waals surface area contributed by atoms with E-state index >= 15 is 0 Å². The summed E-state index contributed by atoms with van der Waals surface area (Å²) in [5, 5.41) is 19.0. The van der Waals surface area contributed by atoms with Crippen molar-refractivity contribution in [2.75, 3.05) is 12.4 Å². The highest BCUT2D eigenvalue weighted by molar-refractivity contribution is 5.74. The van der Waals surface area contributed by atoms with Crippen LogP contribution in [0.2, 0.25) is 0 Å². The summed E-state index contributed by atoms with van der Waals surface area (Å²) in [7, 11) is 1.59. The summed E-state index contributed by atoms with van der Waals surface area (Å²) in [5.41, 5.74) is 7.44. The van der Waals surface area contributed by atoms with Crippen molar-refractivity contribution in [2.24, 2.45) is 5.73 Å². The zero-order valence-electron chi connectivity index (χ0n) is 15.1. The summed E-state index contributed by atoms with van der Waals surface area (Å²) in [6, 6.07) is 5.65. The number of aromatic nitrogens is 5. The number of nitrogens with zero attached hydrogens (tertiary/aromatic N) is 5. The molecule has 28 heavy (non-hydrogen) atoms. The lowest BCUT2D eigenvalue weighted by atomic mass is 9.90. The number of H-pyrrole nitrogens is 1. The van der Waals surface area contributed by atoms with E-state index in [1.54, 1.807) is 25.4 Å². The molecule has 3 heterocycles. The Morgan fingerprint density at radius 1 is 1.25 bits per heavy atom. The van der Waals surface area contributed by atoms with Crippen LogP contribution in [0.3, 0.4) is 0 Å². The second kappa shape index (κ2) is 7.50. The number of anilines is 2. The molecule has 0 radical (unpaired) electrons. The van der Waals surface area contributed by atoms with E-state index < -0.39 is 0 Å². The zero-order chi connectivity index (χ0) is 19.5. The van der Waals surface area contributed by atoms with Gasteiger partial charge in [0, 0.05) is 18.3 Å². The predicted octanol–water partition coefficient (Wildman–Crippen LogP) is 1.75. The van der Waals surface area contributed by atoms with Crippen LogP contribution < -0.4 is 20.5 Å². The molecule has 0 spiro atoms. The van der Waals surface area contributed by atoms with E-state index in [4.69, 9.17) is 20.5 Å². The summed E-state index contributed by atoms with van der Waals surface area (Å²) in [5.74, 6) is 2.07. The van der Waals surface area contributed by atoms with E-state index in [0.29, 0.717) is 34.5 Å². The fourth-order valence-electron chi connectivity index (χ4n) is 2.89. The molecule has 142 valence electrons. The molecular weight excluding hydrogens is 360 g/mol. The fraction of sp³-hybridized carbons (Fsp3) is 0.278. The smallest absolute Gasteiger partial charge is 0.227 e. The number of nitriles is 1. The summed E-state index contributed by atoms with van der Waals surface area (Å²) >= 11 is 0. The van der Waals surface area contributed by atoms with Crippen molar-refractivity contribution in [1.29, 1.82) is 5.26 Å². The monoisotopic (exact) mass is 378 g/mol. The molecular formula is C18H18N8O2. The van der Waals surface area contributed by atoms with E-state index in [2.05, 4.69) is 30.5 Å². The van der Waals surface area contributed by atoms with Gasteiger partial charge in [-0.2, -0.15) is 10.4 Å².